The maximum atomic E-state index is 12.9. The maximum Gasteiger partial charge on any atom is 0.253 e. The molecule has 0 spiro atoms. The molecule has 1 amide bonds. The third-order valence-corrected chi connectivity index (χ3v) is 7.68. The number of hydrogen-bond donors (Lipinski definition) is 1. The number of ether oxygens (including phenoxy) is 1. The maximum absolute atomic E-state index is 12.9. The van der Waals surface area contributed by atoms with E-state index in [9.17, 15) is 4.79 Å². The van der Waals surface area contributed by atoms with Crippen LogP contribution in [0.1, 0.15) is 61.0 Å². The lowest BCUT2D eigenvalue weighted by Gasteiger charge is -2.24. The van der Waals surface area contributed by atoms with Crippen LogP contribution in [0.5, 0.6) is 5.75 Å². The van der Waals surface area contributed by atoms with Crippen molar-refractivity contribution in [2.24, 2.45) is 5.92 Å². The number of hydrogen-bond acceptors (Lipinski definition) is 4. The van der Waals surface area contributed by atoms with Gasteiger partial charge in [0, 0.05) is 29.2 Å². The molecule has 0 unspecified atom stereocenters. The van der Waals surface area contributed by atoms with Crippen molar-refractivity contribution in [1.82, 2.24) is 14.9 Å². The Morgan fingerprint density at radius 2 is 1.91 bits per heavy atom. The lowest BCUT2D eigenvalue weighted by molar-refractivity contribution is 0.0950. The van der Waals surface area contributed by atoms with Gasteiger partial charge < -0.3 is 14.6 Å². The molecule has 0 radical (unpaired) electrons. The predicted octanol–water partition coefficient (Wildman–Crippen LogP) is 6.07. The van der Waals surface area contributed by atoms with Crippen LogP contribution in [0.25, 0.3) is 22.0 Å². The summed E-state index contributed by atoms with van der Waals surface area (Å²) >= 11 is 1.64. The van der Waals surface area contributed by atoms with E-state index in [1.54, 1.807) is 18.4 Å². The van der Waals surface area contributed by atoms with E-state index in [-0.39, 0.29) is 5.91 Å². The second-order valence-corrected chi connectivity index (χ2v) is 10.0. The van der Waals surface area contributed by atoms with Crippen LogP contribution in [0.15, 0.2) is 35.7 Å². The van der Waals surface area contributed by atoms with E-state index < -0.39 is 0 Å². The fourth-order valence-electron chi connectivity index (χ4n) is 4.70. The number of benzene rings is 1. The van der Waals surface area contributed by atoms with Gasteiger partial charge in [-0.3, -0.25) is 4.79 Å². The van der Waals surface area contributed by atoms with Crippen LogP contribution in [0, 0.1) is 12.8 Å². The highest BCUT2D eigenvalue weighted by Gasteiger charge is 2.27. The molecule has 2 aromatic heterocycles. The van der Waals surface area contributed by atoms with Gasteiger partial charge in [-0.05, 0) is 68.9 Å². The summed E-state index contributed by atoms with van der Waals surface area (Å²) < 4.78 is 7.63. The zero-order valence-electron chi connectivity index (χ0n) is 18.9. The molecular weight excluding hydrogens is 418 g/mol. The Kier molecular flexibility index (Phi) is 6.05. The summed E-state index contributed by atoms with van der Waals surface area (Å²) in [5.74, 6) is 1.57. The van der Waals surface area contributed by atoms with Crippen LogP contribution in [-0.2, 0) is 6.54 Å². The molecule has 3 aromatic rings. The zero-order valence-corrected chi connectivity index (χ0v) is 19.7. The van der Waals surface area contributed by atoms with Gasteiger partial charge in [0.15, 0.2) is 0 Å². The van der Waals surface area contributed by atoms with Crippen molar-refractivity contribution in [3.05, 3.63) is 47.0 Å². The van der Waals surface area contributed by atoms with Crippen molar-refractivity contribution in [2.75, 3.05) is 7.11 Å². The first-order valence-electron chi connectivity index (χ1n) is 11.7. The summed E-state index contributed by atoms with van der Waals surface area (Å²) in [5.41, 5.74) is 4.94. The number of amides is 1. The topological polar surface area (TPSA) is 56.1 Å². The first-order valence-corrected chi connectivity index (χ1v) is 12.6. The smallest absolute Gasteiger partial charge is 0.253 e. The fourth-order valence-corrected chi connectivity index (χ4v) is 5.52. The van der Waals surface area contributed by atoms with Gasteiger partial charge >= 0.3 is 0 Å². The highest BCUT2D eigenvalue weighted by molar-refractivity contribution is 7.13. The Labute approximate surface area is 193 Å². The van der Waals surface area contributed by atoms with E-state index in [2.05, 4.69) is 28.3 Å². The summed E-state index contributed by atoms with van der Waals surface area (Å²) in [6.07, 6.45) is 8.71. The lowest BCUT2D eigenvalue weighted by Crippen LogP contribution is -2.26. The quantitative estimate of drug-likeness (QED) is 0.476. The van der Waals surface area contributed by atoms with Gasteiger partial charge in [-0.2, -0.15) is 0 Å². The molecule has 0 bridgehead atoms. The number of methoxy groups -OCH3 is 1. The number of carbonyl (C=O) groups is 1. The number of nitrogens with one attached hydrogen (secondary N) is 1. The molecule has 2 fully saturated rings. The Balaban J connectivity index is 1.48. The zero-order chi connectivity index (χ0) is 22.1. The second kappa shape index (κ2) is 9.10. The van der Waals surface area contributed by atoms with E-state index >= 15 is 0 Å². The van der Waals surface area contributed by atoms with Crippen molar-refractivity contribution >= 4 is 17.2 Å². The van der Waals surface area contributed by atoms with E-state index in [0.29, 0.717) is 12.0 Å². The second-order valence-electron chi connectivity index (χ2n) is 9.16. The number of rotatable bonds is 7. The first kappa shape index (κ1) is 21.3. The van der Waals surface area contributed by atoms with Crippen molar-refractivity contribution < 1.29 is 9.53 Å². The third-order valence-electron chi connectivity index (χ3n) is 6.79. The summed E-state index contributed by atoms with van der Waals surface area (Å²) in [4.78, 5) is 17.9. The fraction of sp³-hybridized carbons (Fsp3) is 0.462. The van der Waals surface area contributed by atoms with E-state index in [1.807, 2.05) is 24.3 Å². The van der Waals surface area contributed by atoms with Crippen molar-refractivity contribution in [3.63, 3.8) is 0 Å². The normalized spacial score (nSPS) is 16.8. The van der Waals surface area contributed by atoms with Gasteiger partial charge in [0.1, 0.15) is 10.8 Å². The van der Waals surface area contributed by atoms with Crippen LogP contribution < -0.4 is 10.1 Å². The van der Waals surface area contributed by atoms with Gasteiger partial charge in [0.2, 0.25) is 0 Å². The van der Waals surface area contributed by atoms with Crippen molar-refractivity contribution in [1.29, 1.82) is 0 Å². The van der Waals surface area contributed by atoms with Crippen LogP contribution in [0.4, 0.5) is 0 Å². The van der Waals surface area contributed by atoms with Crippen molar-refractivity contribution in [3.8, 4) is 27.7 Å². The van der Waals surface area contributed by atoms with Gasteiger partial charge in [-0.25, -0.2) is 4.98 Å². The number of thiazole rings is 1. The highest BCUT2D eigenvalue weighted by Crippen LogP contribution is 2.34. The van der Waals surface area contributed by atoms with Crippen LogP contribution in [0.3, 0.4) is 0 Å². The molecule has 2 saturated carbocycles. The van der Waals surface area contributed by atoms with E-state index in [4.69, 9.17) is 9.72 Å². The minimum atomic E-state index is 0.0549. The van der Waals surface area contributed by atoms with Crippen LogP contribution in [-0.4, -0.2) is 28.6 Å². The number of nitrogens with zero attached hydrogens (tertiary/aromatic N) is 2. The molecule has 168 valence electrons. The molecule has 2 aliphatic carbocycles. The standard InChI is InChI=1S/C26H31N3O2S/c1-17-22(25(30)27-20-10-11-20)14-24(29(17)15-18-6-4-3-5-7-18)23-16-32-26(28-23)19-8-12-21(31-2)13-9-19/h8-9,12-14,16,18,20H,3-7,10-11,15H2,1-2H3,(H,27,30). The molecule has 1 aromatic carbocycles. The van der Waals surface area contributed by atoms with E-state index in [1.165, 1.54) is 32.1 Å². The average molecular weight is 450 g/mol. The number of carbonyl (C=O) groups excluding carboxylic acids is 1. The molecule has 6 heteroatoms. The monoisotopic (exact) mass is 449 g/mol. The number of aromatic nitrogens is 2. The molecule has 5 rings (SSSR count). The molecule has 2 heterocycles. The molecule has 0 aliphatic heterocycles. The molecule has 32 heavy (non-hydrogen) atoms. The third kappa shape index (κ3) is 4.46. The van der Waals surface area contributed by atoms with E-state index in [0.717, 1.165) is 58.4 Å². The molecular formula is C26H31N3O2S. The lowest BCUT2D eigenvalue weighted by atomic mass is 9.89. The molecule has 1 N–H and O–H groups in total. The Morgan fingerprint density at radius 1 is 1.16 bits per heavy atom. The van der Waals surface area contributed by atoms with Gasteiger partial charge in [0.05, 0.1) is 24.1 Å². The Bertz CT molecular complexity index is 1090. The molecule has 2 aliphatic rings. The summed E-state index contributed by atoms with van der Waals surface area (Å²) in [5, 5.41) is 6.27. The molecule has 0 saturated heterocycles. The Hall–Kier alpha value is -2.60. The van der Waals surface area contributed by atoms with Gasteiger partial charge in [-0.1, -0.05) is 19.3 Å². The summed E-state index contributed by atoms with van der Waals surface area (Å²) in [6, 6.07) is 10.4. The minimum absolute atomic E-state index is 0.0549. The van der Waals surface area contributed by atoms with Gasteiger partial charge in [-0.15, -0.1) is 11.3 Å². The van der Waals surface area contributed by atoms with Gasteiger partial charge in [0.25, 0.3) is 5.91 Å². The summed E-state index contributed by atoms with van der Waals surface area (Å²) in [6.45, 7) is 3.05. The SMILES string of the molecule is COc1ccc(-c2nc(-c3cc(C(=O)NC4CC4)c(C)n3CC3CCCCC3)cs2)cc1. The Morgan fingerprint density at radius 3 is 2.59 bits per heavy atom. The van der Waals surface area contributed by atoms with Crippen molar-refractivity contribution in [2.45, 2.75) is 64.5 Å². The summed E-state index contributed by atoms with van der Waals surface area (Å²) in [7, 11) is 1.68. The predicted molar refractivity (Wildman–Crippen MR) is 129 cm³/mol. The highest BCUT2D eigenvalue weighted by atomic mass is 32.1. The van der Waals surface area contributed by atoms with Crippen LogP contribution in [0.2, 0.25) is 0 Å². The largest absolute Gasteiger partial charge is 0.497 e. The first-order chi connectivity index (χ1) is 15.6. The molecule has 5 nitrogen and oxygen atoms in total. The molecule has 0 atom stereocenters. The minimum Gasteiger partial charge on any atom is -0.497 e. The van der Waals surface area contributed by atoms with Crippen LogP contribution >= 0.6 is 11.3 Å². The average Bonchev–Trinajstić information content (AvgIpc) is 3.39.